The highest BCUT2D eigenvalue weighted by molar-refractivity contribution is 8.26. The third-order valence-corrected chi connectivity index (χ3v) is 6.86. The highest BCUT2D eigenvalue weighted by atomic mass is 32.2. The number of benzene rings is 2. The predicted octanol–water partition coefficient (Wildman–Crippen LogP) is 3.30. The van der Waals surface area contributed by atoms with E-state index in [2.05, 4.69) is 17.4 Å². The molecule has 7 nitrogen and oxygen atoms in total. The van der Waals surface area contributed by atoms with Gasteiger partial charge in [-0.15, -0.1) is 0 Å². The Labute approximate surface area is 209 Å². The summed E-state index contributed by atoms with van der Waals surface area (Å²) in [6.07, 6.45) is 3.77. The molecule has 4 rings (SSSR count). The molecular formula is C25H27N3O4S2. The van der Waals surface area contributed by atoms with Gasteiger partial charge in [-0.1, -0.05) is 60.4 Å². The maximum atomic E-state index is 12.8. The number of aryl methyl sites for hydroxylation is 1. The summed E-state index contributed by atoms with van der Waals surface area (Å²) in [5, 5.41) is 2.89. The number of carbonyl (C=O) groups excluding carboxylic acids is 2. The molecule has 0 bridgehead atoms. The van der Waals surface area contributed by atoms with Gasteiger partial charge in [-0.2, -0.15) is 0 Å². The van der Waals surface area contributed by atoms with Crippen molar-refractivity contribution in [2.75, 3.05) is 40.0 Å². The summed E-state index contributed by atoms with van der Waals surface area (Å²) in [6.45, 7) is 2.04. The van der Waals surface area contributed by atoms with E-state index in [0.29, 0.717) is 40.4 Å². The first-order chi connectivity index (χ1) is 16.5. The van der Waals surface area contributed by atoms with E-state index in [4.69, 9.17) is 21.7 Å². The number of likely N-dealkylation sites (N-methyl/N-ethyl adjacent to an activating group) is 1. The van der Waals surface area contributed by atoms with Crippen LogP contribution in [0.4, 0.5) is 0 Å². The van der Waals surface area contributed by atoms with Gasteiger partial charge in [-0.05, 0) is 55.8 Å². The molecule has 0 unspecified atom stereocenters. The van der Waals surface area contributed by atoms with E-state index in [1.54, 1.807) is 6.08 Å². The van der Waals surface area contributed by atoms with Crippen LogP contribution in [0, 0.1) is 0 Å². The number of hydrogen-bond acceptors (Lipinski definition) is 7. The van der Waals surface area contributed by atoms with Gasteiger partial charge in [-0.3, -0.25) is 19.4 Å². The van der Waals surface area contributed by atoms with E-state index in [1.807, 2.05) is 48.3 Å². The van der Waals surface area contributed by atoms with Gasteiger partial charge >= 0.3 is 0 Å². The minimum Gasteiger partial charge on any atom is -0.454 e. The van der Waals surface area contributed by atoms with Crippen LogP contribution in [0.25, 0.3) is 6.08 Å². The molecule has 1 fully saturated rings. The molecule has 178 valence electrons. The fourth-order valence-corrected chi connectivity index (χ4v) is 5.04. The summed E-state index contributed by atoms with van der Waals surface area (Å²) in [7, 11) is 1.94. The third kappa shape index (κ3) is 6.37. The van der Waals surface area contributed by atoms with E-state index in [-0.39, 0.29) is 18.6 Å². The highest BCUT2D eigenvalue weighted by Gasteiger charge is 2.31. The van der Waals surface area contributed by atoms with E-state index in [1.165, 1.54) is 22.2 Å². The molecule has 2 aliphatic heterocycles. The molecule has 1 saturated heterocycles. The Morgan fingerprint density at radius 3 is 2.82 bits per heavy atom. The molecule has 2 aliphatic rings. The third-order valence-electron chi connectivity index (χ3n) is 5.49. The number of nitrogens with one attached hydrogen (secondary N) is 1. The molecule has 2 aromatic carbocycles. The zero-order valence-electron chi connectivity index (χ0n) is 19.0. The number of thiocarbonyl (C=S) groups is 1. The average Bonchev–Trinajstić information content (AvgIpc) is 3.39. The van der Waals surface area contributed by atoms with Crippen molar-refractivity contribution < 1.29 is 19.1 Å². The van der Waals surface area contributed by atoms with Crippen molar-refractivity contribution in [3.63, 3.8) is 0 Å². The molecule has 2 heterocycles. The van der Waals surface area contributed by atoms with Gasteiger partial charge in [0.1, 0.15) is 4.32 Å². The molecule has 1 N–H and O–H groups in total. The molecule has 0 radical (unpaired) electrons. The second-order valence-corrected chi connectivity index (χ2v) is 9.80. The van der Waals surface area contributed by atoms with Crippen LogP contribution < -0.4 is 14.8 Å². The Morgan fingerprint density at radius 1 is 1.21 bits per heavy atom. The fraction of sp³-hybridized carbons (Fsp3) is 0.320. The van der Waals surface area contributed by atoms with Crippen molar-refractivity contribution in [2.24, 2.45) is 0 Å². The molecule has 0 spiro atoms. The predicted molar refractivity (Wildman–Crippen MR) is 138 cm³/mol. The van der Waals surface area contributed by atoms with Crippen LogP contribution in [0.1, 0.15) is 17.5 Å². The van der Waals surface area contributed by atoms with Crippen molar-refractivity contribution in [3.05, 3.63) is 64.6 Å². The first-order valence-electron chi connectivity index (χ1n) is 11.1. The first kappa shape index (κ1) is 24.3. The maximum absolute atomic E-state index is 12.8. The maximum Gasteiger partial charge on any atom is 0.266 e. The lowest BCUT2D eigenvalue weighted by Gasteiger charge is -2.18. The van der Waals surface area contributed by atoms with Crippen LogP contribution in [-0.4, -0.2) is 66.0 Å². The summed E-state index contributed by atoms with van der Waals surface area (Å²) in [4.78, 5) is 29.2. The molecular weight excluding hydrogens is 470 g/mol. The van der Waals surface area contributed by atoms with Crippen LogP contribution >= 0.6 is 24.0 Å². The van der Waals surface area contributed by atoms with Gasteiger partial charge < -0.3 is 14.8 Å². The van der Waals surface area contributed by atoms with E-state index in [0.717, 1.165) is 24.9 Å². The van der Waals surface area contributed by atoms with Gasteiger partial charge in [0.25, 0.3) is 5.91 Å². The van der Waals surface area contributed by atoms with Crippen LogP contribution in [-0.2, 0) is 16.0 Å². The summed E-state index contributed by atoms with van der Waals surface area (Å²) in [5.74, 6) is 1.14. The normalized spacial score (nSPS) is 16.1. The number of carbonyl (C=O) groups is 2. The lowest BCUT2D eigenvalue weighted by Crippen LogP contribution is -2.41. The first-order valence-corrected chi connectivity index (χ1v) is 12.4. The fourth-order valence-electron chi connectivity index (χ4n) is 3.73. The second-order valence-electron chi connectivity index (χ2n) is 8.12. The number of thioether (sulfide) groups is 1. The van der Waals surface area contributed by atoms with E-state index in [9.17, 15) is 9.59 Å². The summed E-state index contributed by atoms with van der Waals surface area (Å²) < 4.78 is 11.2. The van der Waals surface area contributed by atoms with E-state index < -0.39 is 0 Å². The molecule has 0 atom stereocenters. The molecule has 0 saturated carbocycles. The Hall–Kier alpha value is -2.88. The Morgan fingerprint density at radius 2 is 2.00 bits per heavy atom. The zero-order chi connectivity index (χ0) is 23.9. The lowest BCUT2D eigenvalue weighted by molar-refractivity contribution is -0.124. The Balaban J connectivity index is 1.19. The topological polar surface area (TPSA) is 71.1 Å². The monoisotopic (exact) mass is 497 g/mol. The Bertz CT molecular complexity index is 1090. The van der Waals surface area contributed by atoms with Crippen LogP contribution in [0.5, 0.6) is 11.5 Å². The highest BCUT2D eigenvalue weighted by Crippen LogP contribution is 2.36. The standard InChI is InChI=1S/C25H27N3O4S2/c1-27(12-5-8-18-6-3-2-4-7-18)16-23(29)26-11-13-28-24(30)22(34-25(28)33)15-19-9-10-20-21(14-19)32-17-31-20/h2-4,6-7,9-10,14-15H,5,8,11-13,16-17H2,1H3,(H,26,29)/b22-15+. The van der Waals surface area contributed by atoms with Crippen LogP contribution in [0.3, 0.4) is 0 Å². The number of amides is 2. The second kappa shape index (κ2) is 11.5. The van der Waals surface area contributed by atoms with Gasteiger partial charge in [0.05, 0.1) is 11.4 Å². The molecule has 2 aromatic rings. The van der Waals surface area contributed by atoms with E-state index >= 15 is 0 Å². The lowest BCUT2D eigenvalue weighted by atomic mass is 10.1. The summed E-state index contributed by atoms with van der Waals surface area (Å²) >= 11 is 6.65. The number of fused-ring (bicyclic) bond motifs is 1. The molecule has 34 heavy (non-hydrogen) atoms. The molecule has 0 aromatic heterocycles. The number of rotatable bonds is 10. The van der Waals surface area contributed by atoms with Gasteiger partial charge in [0.15, 0.2) is 11.5 Å². The average molecular weight is 498 g/mol. The summed E-state index contributed by atoms with van der Waals surface area (Å²) in [5.41, 5.74) is 2.14. The number of hydrogen-bond donors (Lipinski definition) is 1. The van der Waals surface area contributed by atoms with Crippen molar-refractivity contribution in [1.29, 1.82) is 0 Å². The SMILES string of the molecule is CN(CCCc1ccccc1)CC(=O)NCCN1C(=O)/C(=C\c2ccc3c(c2)OCO3)SC1=S. The zero-order valence-corrected chi connectivity index (χ0v) is 20.6. The minimum atomic E-state index is -0.153. The molecule has 2 amide bonds. The van der Waals surface area contributed by atoms with Crippen molar-refractivity contribution in [2.45, 2.75) is 12.8 Å². The van der Waals surface area contributed by atoms with Crippen molar-refractivity contribution >= 4 is 46.2 Å². The summed E-state index contributed by atoms with van der Waals surface area (Å²) in [6, 6.07) is 15.9. The molecule has 9 heteroatoms. The van der Waals surface area contributed by atoms with Crippen molar-refractivity contribution in [3.8, 4) is 11.5 Å². The van der Waals surface area contributed by atoms with Crippen LogP contribution in [0.15, 0.2) is 53.4 Å². The number of ether oxygens (including phenoxy) is 2. The molecule has 0 aliphatic carbocycles. The minimum absolute atomic E-state index is 0.0662. The van der Waals surface area contributed by atoms with Gasteiger partial charge in [-0.25, -0.2) is 0 Å². The van der Waals surface area contributed by atoms with Gasteiger partial charge in [0, 0.05) is 13.1 Å². The van der Waals surface area contributed by atoms with Gasteiger partial charge in [0.2, 0.25) is 12.7 Å². The van der Waals surface area contributed by atoms with Crippen LogP contribution in [0.2, 0.25) is 0 Å². The number of nitrogens with zero attached hydrogens (tertiary/aromatic N) is 2. The largest absolute Gasteiger partial charge is 0.454 e. The smallest absolute Gasteiger partial charge is 0.266 e. The Kier molecular flexibility index (Phi) is 8.21. The van der Waals surface area contributed by atoms with Crippen molar-refractivity contribution in [1.82, 2.24) is 15.1 Å². The quantitative estimate of drug-likeness (QED) is 0.399.